The van der Waals surface area contributed by atoms with Crippen molar-refractivity contribution in [3.05, 3.63) is 21.3 Å². The van der Waals surface area contributed by atoms with Crippen molar-refractivity contribution in [2.45, 2.75) is 0 Å². The van der Waals surface area contributed by atoms with E-state index < -0.39 is 9.84 Å². The third-order valence-corrected chi connectivity index (χ3v) is 5.79. The summed E-state index contributed by atoms with van der Waals surface area (Å²) in [4.78, 5) is 14.4. The molecule has 1 aliphatic heterocycles. The van der Waals surface area contributed by atoms with Crippen molar-refractivity contribution in [3.8, 4) is 0 Å². The number of thiophene rings is 1. The SMILES string of the molecule is O=C(NCCN1CCS(=O)(=O)CC1)c1ccc(Cl)s1. The van der Waals surface area contributed by atoms with Crippen LogP contribution in [0.2, 0.25) is 4.34 Å². The van der Waals surface area contributed by atoms with Crippen molar-refractivity contribution in [2.75, 3.05) is 37.7 Å². The van der Waals surface area contributed by atoms with Gasteiger partial charge in [0.2, 0.25) is 0 Å². The van der Waals surface area contributed by atoms with E-state index in [4.69, 9.17) is 11.6 Å². The third-order valence-electron chi connectivity index (χ3n) is 2.95. The lowest BCUT2D eigenvalue weighted by Crippen LogP contribution is -2.43. The zero-order valence-electron chi connectivity index (χ0n) is 10.3. The summed E-state index contributed by atoms with van der Waals surface area (Å²) in [6, 6.07) is 3.38. The van der Waals surface area contributed by atoms with Crippen LogP contribution < -0.4 is 5.32 Å². The maximum absolute atomic E-state index is 11.7. The van der Waals surface area contributed by atoms with Crippen LogP contribution in [0.3, 0.4) is 0 Å². The number of rotatable bonds is 4. The van der Waals surface area contributed by atoms with Gasteiger partial charge in [-0.05, 0) is 12.1 Å². The first kappa shape index (κ1) is 14.8. The Hall–Kier alpha value is -0.630. The molecule has 0 radical (unpaired) electrons. The number of halogens is 1. The van der Waals surface area contributed by atoms with E-state index in [2.05, 4.69) is 5.32 Å². The Labute approximate surface area is 121 Å². The van der Waals surface area contributed by atoms with Crippen LogP contribution in [0.15, 0.2) is 12.1 Å². The molecule has 0 saturated carbocycles. The van der Waals surface area contributed by atoms with Gasteiger partial charge in [0, 0.05) is 26.2 Å². The highest BCUT2D eigenvalue weighted by molar-refractivity contribution is 7.91. The van der Waals surface area contributed by atoms with Crippen molar-refractivity contribution in [2.24, 2.45) is 0 Å². The van der Waals surface area contributed by atoms with Gasteiger partial charge < -0.3 is 5.32 Å². The number of hydrogen-bond donors (Lipinski definition) is 1. The highest BCUT2D eigenvalue weighted by atomic mass is 35.5. The molecule has 0 atom stereocenters. The summed E-state index contributed by atoms with van der Waals surface area (Å²) in [5.41, 5.74) is 0. The molecular weight excluding hydrogens is 308 g/mol. The average Bonchev–Trinajstić information content (AvgIpc) is 2.78. The van der Waals surface area contributed by atoms with Crippen LogP contribution in [0, 0.1) is 0 Å². The number of sulfone groups is 1. The summed E-state index contributed by atoms with van der Waals surface area (Å²) in [5.74, 6) is 0.282. The molecule has 1 amide bonds. The Balaban J connectivity index is 1.71. The zero-order chi connectivity index (χ0) is 13.9. The van der Waals surface area contributed by atoms with Gasteiger partial charge in [-0.2, -0.15) is 0 Å². The average molecular weight is 323 g/mol. The van der Waals surface area contributed by atoms with E-state index in [1.165, 1.54) is 11.3 Å². The first-order chi connectivity index (χ1) is 8.96. The second-order valence-corrected chi connectivity index (χ2v) is 8.37. The molecule has 106 valence electrons. The summed E-state index contributed by atoms with van der Waals surface area (Å²) in [6.45, 7) is 2.26. The third kappa shape index (κ3) is 4.45. The quantitative estimate of drug-likeness (QED) is 0.893. The van der Waals surface area contributed by atoms with Crippen LogP contribution in [-0.4, -0.2) is 56.9 Å². The van der Waals surface area contributed by atoms with Crippen LogP contribution in [-0.2, 0) is 9.84 Å². The Morgan fingerprint density at radius 1 is 1.37 bits per heavy atom. The van der Waals surface area contributed by atoms with Gasteiger partial charge >= 0.3 is 0 Å². The van der Waals surface area contributed by atoms with Gasteiger partial charge in [0.15, 0.2) is 9.84 Å². The minimum atomic E-state index is -2.84. The van der Waals surface area contributed by atoms with E-state index in [1.54, 1.807) is 12.1 Å². The minimum Gasteiger partial charge on any atom is -0.350 e. The molecule has 0 aromatic carbocycles. The summed E-state index contributed by atoms with van der Waals surface area (Å²) in [5, 5.41) is 2.80. The van der Waals surface area contributed by atoms with Gasteiger partial charge in [-0.1, -0.05) is 11.6 Å². The molecule has 8 heteroatoms. The van der Waals surface area contributed by atoms with Gasteiger partial charge in [0.1, 0.15) is 0 Å². The van der Waals surface area contributed by atoms with Gasteiger partial charge in [-0.3, -0.25) is 9.69 Å². The van der Waals surface area contributed by atoms with E-state index in [-0.39, 0.29) is 17.4 Å². The Bertz CT molecular complexity index is 542. The molecule has 1 aromatic rings. The molecule has 0 aliphatic carbocycles. The van der Waals surface area contributed by atoms with Gasteiger partial charge in [0.25, 0.3) is 5.91 Å². The van der Waals surface area contributed by atoms with Crippen LogP contribution in [0.4, 0.5) is 0 Å². The van der Waals surface area contributed by atoms with Gasteiger partial charge in [-0.25, -0.2) is 8.42 Å². The Morgan fingerprint density at radius 3 is 2.63 bits per heavy atom. The van der Waals surface area contributed by atoms with E-state index in [0.29, 0.717) is 35.4 Å². The van der Waals surface area contributed by atoms with Crippen molar-refractivity contribution in [3.63, 3.8) is 0 Å². The molecule has 0 bridgehead atoms. The lowest BCUT2D eigenvalue weighted by molar-refractivity contribution is 0.0953. The topological polar surface area (TPSA) is 66.5 Å². The Morgan fingerprint density at radius 2 is 2.05 bits per heavy atom. The smallest absolute Gasteiger partial charge is 0.261 e. The lowest BCUT2D eigenvalue weighted by Gasteiger charge is -2.26. The number of nitrogens with zero attached hydrogens (tertiary/aromatic N) is 1. The van der Waals surface area contributed by atoms with Gasteiger partial charge in [-0.15, -0.1) is 11.3 Å². The number of amides is 1. The molecule has 2 rings (SSSR count). The molecule has 1 aromatic heterocycles. The largest absolute Gasteiger partial charge is 0.350 e. The van der Waals surface area contributed by atoms with Crippen molar-refractivity contribution in [1.29, 1.82) is 0 Å². The maximum Gasteiger partial charge on any atom is 0.261 e. The number of nitrogens with one attached hydrogen (secondary N) is 1. The number of hydrogen-bond acceptors (Lipinski definition) is 5. The molecule has 0 unspecified atom stereocenters. The molecule has 5 nitrogen and oxygen atoms in total. The predicted octanol–water partition coefficient (Wildman–Crippen LogP) is 0.862. The van der Waals surface area contributed by atoms with E-state index in [0.717, 1.165) is 0 Å². The highest BCUT2D eigenvalue weighted by Gasteiger charge is 2.21. The fourth-order valence-corrected chi connectivity index (χ4v) is 4.06. The standard InChI is InChI=1S/C11H15ClN2O3S2/c12-10-2-1-9(18-10)11(15)13-3-4-14-5-7-19(16,17)8-6-14/h1-2H,3-8H2,(H,13,15). The van der Waals surface area contributed by atoms with Crippen molar-refractivity contribution in [1.82, 2.24) is 10.2 Å². The first-order valence-electron chi connectivity index (χ1n) is 5.92. The normalized spacial score (nSPS) is 19.2. The fraction of sp³-hybridized carbons (Fsp3) is 0.545. The van der Waals surface area contributed by atoms with E-state index in [1.807, 2.05) is 4.90 Å². The monoisotopic (exact) mass is 322 g/mol. The van der Waals surface area contributed by atoms with Crippen LogP contribution in [0.1, 0.15) is 9.67 Å². The van der Waals surface area contributed by atoms with Crippen LogP contribution >= 0.6 is 22.9 Å². The molecule has 19 heavy (non-hydrogen) atoms. The molecular formula is C11H15ClN2O3S2. The first-order valence-corrected chi connectivity index (χ1v) is 8.94. The summed E-state index contributed by atoms with van der Waals surface area (Å²) in [7, 11) is -2.84. The van der Waals surface area contributed by atoms with Crippen LogP contribution in [0.25, 0.3) is 0 Å². The van der Waals surface area contributed by atoms with Crippen LogP contribution in [0.5, 0.6) is 0 Å². The molecule has 2 heterocycles. The maximum atomic E-state index is 11.7. The summed E-state index contributed by atoms with van der Waals surface area (Å²) in [6.07, 6.45) is 0. The lowest BCUT2D eigenvalue weighted by atomic mass is 10.4. The van der Waals surface area contributed by atoms with E-state index >= 15 is 0 Å². The number of carbonyl (C=O) groups excluding carboxylic acids is 1. The Kier molecular flexibility index (Phi) is 4.83. The summed E-state index contributed by atoms with van der Waals surface area (Å²) >= 11 is 7.00. The zero-order valence-corrected chi connectivity index (χ0v) is 12.7. The second-order valence-electron chi connectivity index (χ2n) is 4.35. The molecule has 1 N–H and O–H groups in total. The molecule has 0 spiro atoms. The molecule has 1 saturated heterocycles. The highest BCUT2D eigenvalue weighted by Crippen LogP contribution is 2.20. The predicted molar refractivity (Wildman–Crippen MR) is 76.8 cm³/mol. The second kappa shape index (κ2) is 6.21. The molecule has 1 aliphatic rings. The summed E-state index contributed by atoms with van der Waals surface area (Å²) < 4.78 is 23.1. The van der Waals surface area contributed by atoms with Gasteiger partial charge in [0.05, 0.1) is 20.7 Å². The fourth-order valence-electron chi connectivity index (χ4n) is 1.82. The van der Waals surface area contributed by atoms with Crippen molar-refractivity contribution >= 4 is 38.7 Å². The van der Waals surface area contributed by atoms with E-state index in [9.17, 15) is 13.2 Å². The number of carbonyl (C=O) groups is 1. The van der Waals surface area contributed by atoms with Crippen molar-refractivity contribution < 1.29 is 13.2 Å². The molecule has 1 fully saturated rings. The minimum absolute atomic E-state index is 0.137.